The lowest BCUT2D eigenvalue weighted by molar-refractivity contribution is -0.204. The highest BCUT2D eigenvalue weighted by molar-refractivity contribution is 8.13. The number of halogens is 6. The Balaban J connectivity index is 4.48. The highest BCUT2D eigenvalue weighted by atomic mass is 32.2. The van der Waals surface area contributed by atoms with E-state index in [0.717, 1.165) is 0 Å². The van der Waals surface area contributed by atoms with Crippen molar-refractivity contribution in [3.8, 4) is 0 Å². The Hall–Kier alpha value is -0.400. The molecule has 0 aromatic carbocycles. The lowest BCUT2D eigenvalue weighted by Gasteiger charge is -2.28. The van der Waals surface area contributed by atoms with Crippen LogP contribution in [0.15, 0.2) is 0 Å². The molecule has 0 bridgehead atoms. The van der Waals surface area contributed by atoms with Crippen molar-refractivity contribution in [2.45, 2.75) is 50.9 Å². The van der Waals surface area contributed by atoms with Gasteiger partial charge in [0.2, 0.25) is 6.17 Å². The van der Waals surface area contributed by atoms with Gasteiger partial charge in [-0.2, -0.15) is 8.78 Å². The fourth-order valence-electron chi connectivity index (χ4n) is 1.01. The van der Waals surface area contributed by atoms with Crippen molar-refractivity contribution >= 4 is 16.9 Å². The van der Waals surface area contributed by atoms with Crippen LogP contribution >= 0.6 is 11.8 Å². The van der Waals surface area contributed by atoms with Gasteiger partial charge in [0, 0.05) is 18.6 Å². The van der Waals surface area contributed by atoms with E-state index in [9.17, 15) is 31.1 Å². The summed E-state index contributed by atoms with van der Waals surface area (Å²) in [5.74, 6) is -9.61. The quantitative estimate of drug-likeness (QED) is 0.660. The van der Waals surface area contributed by atoms with Gasteiger partial charge in [-0.1, -0.05) is 18.7 Å². The van der Waals surface area contributed by atoms with Crippen LogP contribution in [0.5, 0.6) is 0 Å². The summed E-state index contributed by atoms with van der Waals surface area (Å²) in [5.41, 5.74) is 0. The first-order chi connectivity index (χ1) is 8.05. The fraction of sp³-hybridized carbons (Fsp3) is 0.900. The van der Waals surface area contributed by atoms with Crippen molar-refractivity contribution in [1.29, 1.82) is 0 Å². The average molecular weight is 296 g/mol. The summed E-state index contributed by atoms with van der Waals surface area (Å²) in [6.45, 7) is 1.82. The standard InChI is InChI=1S/C10H14F6OS/c1-3-7(17)18-5-4-9(13,14)8(12)10(15,16)6(2)11/h6,8H,3-5H2,1-2H3. The van der Waals surface area contributed by atoms with Gasteiger partial charge in [-0.15, -0.1) is 0 Å². The minimum absolute atomic E-state index is 0.104. The van der Waals surface area contributed by atoms with E-state index in [1.807, 2.05) is 0 Å². The largest absolute Gasteiger partial charge is 0.314 e. The molecule has 0 N–H and O–H groups in total. The highest BCUT2D eigenvalue weighted by Gasteiger charge is 2.58. The minimum Gasteiger partial charge on any atom is -0.287 e. The van der Waals surface area contributed by atoms with Crippen LogP contribution in [-0.2, 0) is 4.79 Å². The molecule has 0 saturated heterocycles. The van der Waals surface area contributed by atoms with Gasteiger partial charge in [0.25, 0.3) is 5.92 Å². The Morgan fingerprint density at radius 2 is 1.72 bits per heavy atom. The van der Waals surface area contributed by atoms with Gasteiger partial charge in [0.1, 0.15) is 0 Å². The van der Waals surface area contributed by atoms with Crippen molar-refractivity contribution in [1.82, 2.24) is 0 Å². The van der Waals surface area contributed by atoms with Crippen molar-refractivity contribution in [2.75, 3.05) is 5.75 Å². The third kappa shape index (κ3) is 4.70. The Morgan fingerprint density at radius 1 is 1.22 bits per heavy atom. The number of thioether (sulfide) groups is 1. The Kier molecular flexibility index (Phi) is 6.53. The summed E-state index contributed by atoms with van der Waals surface area (Å²) < 4.78 is 77.1. The van der Waals surface area contributed by atoms with Crippen LogP contribution in [0.2, 0.25) is 0 Å². The first-order valence-corrected chi connectivity index (χ1v) is 6.23. The van der Waals surface area contributed by atoms with E-state index in [0.29, 0.717) is 18.7 Å². The van der Waals surface area contributed by atoms with Gasteiger partial charge in [0.15, 0.2) is 11.3 Å². The first-order valence-electron chi connectivity index (χ1n) is 5.25. The molecule has 2 atom stereocenters. The smallest absolute Gasteiger partial charge is 0.287 e. The molecule has 2 unspecified atom stereocenters. The zero-order chi connectivity index (χ0) is 14.6. The molecule has 0 saturated carbocycles. The molecular formula is C10H14F6OS. The molecule has 0 aliphatic heterocycles. The second-order valence-electron chi connectivity index (χ2n) is 3.74. The van der Waals surface area contributed by atoms with Crippen LogP contribution in [0.1, 0.15) is 26.7 Å². The molecule has 0 amide bonds. The van der Waals surface area contributed by atoms with Crippen molar-refractivity contribution in [3.05, 3.63) is 0 Å². The molecule has 0 aromatic rings. The van der Waals surface area contributed by atoms with Crippen molar-refractivity contribution in [2.24, 2.45) is 0 Å². The molecule has 108 valence electrons. The zero-order valence-electron chi connectivity index (χ0n) is 9.86. The molecule has 0 aromatic heterocycles. The number of carbonyl (C=O) groups is 1. The molecule has 1 nitrogen and oxygen atoms in total. The van der Waals surface area contributed by atoms with Gasteiger partial charge in [-0.3, -0.25) is 4.79 Å². The molecule has 8 heteroatoms. The molecule has 0 aliphatic carbocycles. The van der Waals surface area contributed by atoms with E-state index in [2.05, 4.69) is 0 Å². The van der Waals surface area contributed by atoms with Crippen LogP contribution in [0.25, 0.3) is 0 Å². The Labute approximate surface area is 105 Å². The van der Waals surface area contributed by atoms with E-state index in [1.165, 1.54) is 6.92 Å². The minimum atomic E-state index is -4.75. The first kappa shape index (κ1) is 17.6. The summed E-state index contributed by atoms with van der Waals surface area (Å²) in [7, 11) is 0. The van der Waals surface area contributed by atoms with Crippen LogP contribution in [0.3, 0.4) is 0 Å². The summed E-state index contributed by atoms with van der Waals surface area (Å²) in [5, 5.41) is -0.396. The normalized spacial score (nSPS) is 16.4. The Bertz CT molecular complexity index is 282. The maximum absolute atomic E-state index is 13.1. The van der Waals surface area contributed by atoms with Crippen LogP contribution < -0.4 is 0 Å². The van der Waals surface area contributed by atoms with Gasteiger partial charge in [-0.25, -0.2) is 17.6 Å². The molecule has 18 heavy (non-hydrogen) atoms. The molecule has 0 spiro atoms. The third-order valence-corrected chi connectivity index (χ3v) is 3.25. The van der Waals surface area contributed by atoms with Gasteiger partial charge < -0.3 is 0 Å². The lowest BCUT2D eigenvalue weighted by Crippen LogP contribution is -2.49. The summed E-state index contributed by atoms with van der Waals surface area (Å²) in [6.07, 6.45) is -8.05. The number of alkyl halides is 6. The van der Waals surface area contributed by atoms with E-state index in [4.69, 9.17) is 0 Å². The van der Waals surface area contributed by atoms with E-state index < -0.39 is 41.5 Å². The second kappa shape index (κ2) is 6.68. The number of rotatable bonds is 7. The SMILES string of the molecule is CCC(=O)SCCC(F)(F)C(F)C(F)(F)C(C)F. The van der Waals surface area contributed by atoms with Gasteiger partial charge in [-0.05, 0) is 6.92 Å². The molecular weight excluding hydrogens is 282 g/mol. The zero-order valence-corrected chi connectivity index (χ0v) is 10.7. The van der Waals surface area contributed by atoms with E-state index in [1.54, 1.807) is 0 Å². The van der Waals surface area contributed by atoms with Crippen molar-refractivity contribution in [3.63, 3.8) is 0 Å². The number of hydrogen-bond acceptors (Lipinski definition) is 2. The van der Waals surface area contributed by atoms with E-state index >= 15 is 0 Å². The van der Waals surface area contributed by atoms with Crippen LogP contribution in [0.4, 0.5) is 26.3 Å². The topological polar surface area (TPSA) is 17.1 Å². The second-order valence-corrected chi connectivity index (χ2v) is 4.89. The van der Waals surface area contributed by atoms with Crippen molar-refractivity contribution < 1.29 is 31.1 Å². The molecule has 0 aliphatic rings. The van der Waals surface area contributed by atoms with Gasteiger partial charge >= 0.3 is 5.92 Å². The van der Waals surface area contributed by atoms with Gasteiger partial charge in [0.05, 0.1) is 0 Å². The summed E-state index contributed by atoms with van der Waals surface area (Å²) >= 11 is 0.515. The third-order valence-electron chi connectivity index (χ3n) is 2.23. The molecule has 0 heterocycles. The number of carbonyl (C=O) groups excluding carboxylic acids is 1. The lowest BCUT2D eigenvalue weighted by atomic mass is 10.0. The maximum Gasteiger partial charge on any atom is 0.314 e. The number of hydrogen-bond donors (Lipinski definition) is 0. The predicted molar refractivity (Wildman–Crippen MR) is 57.7 cm³/mol. The fourth-order valence-corrected chi connectivity index (χ4v) is 1.82. The molecule has 0 rings (SSSR count). The average Bonchev–Trinajstić information content (AvgIpc) is 2.27. The van der Waals surface area contributed by atoms with E-state index in [-0.39, 0.29) is 6.42 Å². The van der Waals surface area contributed by atoms with Crippen LogP contribution in [0, 0.1) is 0 Å². The Morgan fingerprint density at radius 3 is 2.11 bits per heavy atom. The predicted octanol–water partition coefficient (Wildman–Crippen LogP) is 4.01. The highest BCUT2D eigenvalue weighted by Crippen LogP contribution is 2.39. The molecule has 0 fully saturated rings. The maximum atomic E-state index is 13.1. The monoisotopic (exact) mass is 296 g/mol. The van der Waals surface area contributed by atoms with Crippen LogP contribution in [-0.4, -0.2) is 35.1 Å². The summed E-state index contributed by atoms with van der Waals surface area (Å²) in [6, 6.07) is 0. The summed E-state index contributed by atoms with van der Waals surface area (Å²) in [4.78, 5) is 10.8. The molecule has 0 radical (unpaired) electrons.